The zero-order valence-electron chi connectivity index (χ0n) is 17.3. The van der Waals surface area contributed by atoms with Crippen LogP contribution in [0, 0.1) is 5.92 Å². The van der Waals surface area contributed by atoms with Gasteiger partial charge in [0.25, 0.3) is 0 Å². The van der Waals surface area contributed by atoms with Gasteiger partial charge >= 0.3 is 0 Å². The van der Waals surface area contributed by atoms with Crippen LogP contribution in [0.4, 0.5) is 0 Å². The highest BCUT2D eigenvalue weighted by Crippen LogP contribution is 2.28. The van der Waals surface area contributed by atoms with E-state index in [1.54, 1.807) is 12.1 Å². The number of aliphatic hydroxyl groups excluding tert-OH is 1. The Morgan fingerprint density at radius 3 is 2.68 bits per heavy atom. The monoisotopic (exact) mass is 311 g/mol. The molecule has 0 aromatic heterocycles. The molecule has 0 radical (unpaired) electrons. The molecule has 0 amide bonds. The maximum absolute atomic E-state index is 9.85. The molecular weight excluding hydrogens is 278 g/mol. The van der Waals surface area contributed by atoms with E-state index in [-0.39, 0.29) is 24.8 Å². The molecule has 0 spiro atoms. The van der Waals surface area contributed by atoms with Crippen molar-refractivity contribution in [2.24, 2.45) is 5.92 Å². The number of aryl methyl sites for hydroxylation is 1. The largest absolute Gasteiger partial charge is 0.491 e. The molecule has 1 aromatic carbocycles. The van der Waals surface area contributed by atoms with E-state index in [1.807, 2.05) is 13.8 Å². The molecule has 124 valence electrons. The predicted molar refractivity (Wildman–Crippen MR) is 88.3 cm³/mol. The van der Waals surface area contributed by atoms with Crippen molar-refractivity contribution < 1.29 is 20.1 Å². The minimum absolute atomic E-state index is 0.122. The van der Waals surface area contributed by atoms with E-state index in [2.05, 4.69) is 5.32 Å². The average molecular weight is 311 g/mol. The Bertz CT molecular complexity index is 562. The minimum Gasteiger partial charge on any atom is -0.491 e. The summed E-state index contributed by atoms with van der Waals surface area (Å²) in [7, 11) is 0. The van der Waals surface area contributed by atoms with Gasteiger partial charge in [0.2, 0.25) is 0 Å². The SMILES string of the molecule is [2H]C([2H])(OCC1CC1)C([2H])([2H])c1ccc(OCC(O)CNC(C)C)cc1. The van der Waals surface area contributed by atoms with Gasteiger partial charge in [-0.25, -0.2) is 0 Å². The predicted octanol–water partition coefficient (Wildman–Crippen LogP) is 2.39. The van der Waals surface area contributed by atoms with E-state index >= 15 is 0 Å². The van der Waals surface area contributed by atoms with Crippen molar-refractivity contribution >= 4 is 0 Å². The normalized spacial score (nSPS) is 20.0. The quantitative estimate of drug-likeness (QED) is 0.659. The molecule has 2 rings (SSSR count). The van der Waals surface area contributed by atoms with Crippen LogP contribution < -0.4 is 10.1 Å². The molecular formula is C18H29NO3. The van der Waals surface area contributed by atoms with Crippen molar-refractivity contribution in [3.05, 3.63) is 29.8 Å². The number of rotatable bonds is 11. The lowest BCUT2D eigenvalue weighted by molar-refractivity contribution is 0.104. The lowest BCUT2D eigenvalue weighted by atomic mass is 10.1. The van der Waals surface area contributed by atoms with E-state index in [0.29, 0.717) is 18.2 Å². The molecule has 1 aliphatic carbocycles. The first kappa shape index (κ1) is 12.3. The van der Waals surface area contributed by atoms with Gasteiger partial charge in [-0.2, -0.15) is 0 Å². The summed E-state index contributed by atoms with van der Waals surface area (Å²) >= 11 is 0. The van der Waals surface area contributed by atoms with Crippen LogP contribution in [-0.2, 0) is 11.1 Å². The number of ether oxygens (including phenoxy) is 2. The second-order valence-corrected chi connectivity index (χ2v) is 6.03. The summed E-state index contributed by atoms with van der Waals surface area (Å²) in [6.07, 6.45) is -0.887. The highest BCUT2D eigenvalue weighted by atomic mass is 16.5. The highest BCUT2D eigenvalue weighted by molar-refractivity contribution is 5.27. The Hall–Kier alpha value is -1.10. The first-order valence-electron chi connectivity index (χ1n) is 9.90. The molecule has 22 heavy (non-hydrogen) atoms. The summed E-state index contributed by atoms with van der Waals surface area (Å²) in [5.74, 6) is 0.848. The number of aliphatic hydroxyl groups is 1. The van der Waals surface area contributed by atoms with E-state index in [0.717, 1.165) is 12.8 Å². The van der Waals surface area contributed by atoms with Gasteiger partial charge in [-0.1, -0.05) is 26.0 Å². The second kappa shape index (κ2) is 9.13. The summed E-state index contributed by atoms with van der Waals surface area (Å²) in [5.41, 5.74) is 0.188. The lowest BCUT2D eigenvalue weighted by Gasteiger charge is -2.15. The van der Waals surface area contributed by atoms with E-state index < -0.39 is 19.0 Å². The molecule has 1 fully saturated rings. The Kier molecular flexibility index (Phi) is 5.12. The molecule has 2 N–H and O–H groups in total. The van der Waals surface area contributed by atoms with Crippen molar-refractivity contribution in [3.63, 3.8) is 0 Å². The number of hydrogen-bond donors (Lipinski definition) is 2. The van der Waals surface area contributed by atoms with Gasteiger partial charge < -0.3 is 19.9 Å². The Labute approximate surface area is 139 Å². The molecule has 1 aromatic rings. The second-order valence-electron chi connectivity index (χ2n) is 6.03. The third-order valence-electron chi connectivity index (χ3n) is 3.34. The molecule has 0 aliphatic heterocycles. The molecule has 4 nitrogen and oxygen atoms in total. The average Bonchev–Trinajstić information content (AvgIpc) is 3.41. The third-order valence-corrected chi connectivity index (χ3v) is 3.34. The van der Waals surface area contributed by atoms with Crippen molar-refractivity contribution in [3.8, 4) is 5.75 Å². The maximum Gasteiger partial charge on any atom is 0.119 e. The fraction of sp³-hybridized carbons (Fsp3) is 0.667. The fourth-order valence-corrected chi connectivity index (χ4v) is 1.80. The van der Waals surface area contributed by atoms with Crippen LogP contribution in [0.1, 0.15) is 37.7 Å². The Balaban J connectivity index is 1.90. The maximum atomic E-state index is 9.85. The van der Waals surface area contributed by atoms with Crippen LogP contribution in [0.5, 0.6) is 5.75 Å². The zero-order chi connectivity index (χ0) is 19.4. The van der Waals surface area contributed by atoms with Crippen LogP contribution >= 0.6 is 0 Å². The van der Waals surface area contributed by atoms with Crippen molar-refractivity contribution in [2.45, 2.75) is 45.2 Å². The van der Waals surface area contributed by atoms with E-state index in [9.17, 15) is 5.11 Å². The van der Waals surface area contributed by atoms with Gasteiger partial charge in [-0.3, -0.25) is 0 Å². The topological polar surface area (TPSA) is 50.7 Å². The van der Waals surface area contributed by atoms with Crippen LogP contribution in [-0.4, -0.2) is 43.6 Å². The van der Waals surface area contributed by atoms with Gasteiger partial charge in [0.15, 0.2) is 0 Å². The van der Waals surface area contributed by atoms with E-state index in [1.165, 1.54) is 12.1 Å². The van der Waals surface area contributed by atoms with Gasteiger partial charge in [0.05, 0.1) is 9.30 Å². The minimum atomic E-state index is -2.41. The number of hydrogen-bond acceptors (Lipinski definition) is 4. The Morgan fingerprint density at radius 1 is 1.32 bits per heavy atom. The van der Waals surface area contributed by atoms with Crippen LogP contribution in [0.15, 0.2) is 24.3 Å². The molecule has 1 unspecified atom stereocenters. The highest BCUT2D eigenvalue weighted by Gasteiger charge is 2.20. The summed E-state index contributed by atoms with van der Waals surface area (Å²) in [5, 5.41) is 13.0. The Morgan fingerprint density at radius 2 is 2.05 bits per heavy atom. The number of nitrogens with one attached hydrogen (secondary N) is 1. The van der Waals surface area contributed by atoms with Crippen LogP contribution in [0.2, 0.25) is 0 Å². The van der Waals surface area contributed by atoms with Crippen molar-refractivity contribution in [1.29, 1.82) is 0 Å². The molecule has 0 saturated heterocycles. The summed E-state index contributed by atoms with van der Waals surface area (Å²) < 4.78 is 42.9. The summed E-state index contributed by atoms with van der Waals surface area (Å²) in [6, 6.07) is 6.42. The summed E-state index contributed by atoms with van der Waals surface area (Å²) in [6.45, 7) is 2.38. The van der Waals surface area contributed by atoms with Gasteiger partial charge in [0.1, 0.15) is 18.5 Å². The standard InChI is InChI=1S/C18H29NO3/c1-14(2)19-11-17(20)13-22-18-7-5-15(6-8-18)9-10-21-12-16-3-4-16/h5-8,14,16-17,19-20H,3-4,9-13H2,1-2H3/i9D2,10D2. The molecule has 1 saturated carbocycles. The van der Waals surface area contributed by atoms with Gasteiger partial charge in [-0.05, 0) is 42.8 Å². The van der Waals surface area contributed by atoms with E-state index in [4.69, 9.17) is 15.0 Å². The van der Waals surface area contributed by atoms with Crippen molar-refractivity contribution in [2.75, 3.05) is 26.3 Å². The van der Waals surface area contributed by atoms with Gasteiger partial charge in [-0.15, -0.1) is 0 Å². The lowest BCUT2D eigenvalue weighted by Crippen LogP contribution is -2.35. The first-order chi connectivity index (χ1) is 12.1. The van der Waals surface area contributed by atoms with Crippen molar-refractivity contribution in [1.82, 2.24) is 5.32 Å². The smallest absolute Gasteiger partial charge is 0.119 e. The molecule has 0 bridgehead atoms. The molecule has 0 heterocycles. The molecule has 1 aliphatic rings. The van der Waals surface area contributed by atoms with Gasteiger partial charge in [0, 0.05) is 21.9 Å². The number of benzene rings is 1. The fourth-order valence-electron chi connectivity index (χ4n) is 1.80. The first-order valence-corrected chi connectivity index (χ1v) is 7.90. The third kappa shape index (κ3) is 7.25. The van der Waals surface area contributed by atoms with Crippen LogP contribution in [0.3, 0.4) is 0 Å². The zero-order valence-corrected chi connectivity index (χ0v) is 13.3. The molecule has 1 atom stereocenters. The molecule has 4 heteroatoms. The van der Waals surface area contributed by atoms with Crippen LogP contribution in [0.25, 0.3) is 0 Å². The summed E-state index contributed by atoms with van der Waals surface area (Å²) in [4.78, 5) is 0.